The summed E-state index contributed by atoms with van der Waals surface area (Å²) in [6.45, 7) is 4.92. The Hall–Kier alpha value is -1.54. The first-order chi connectivity index (χ1) is 9.34. The summed E-state index contributed by atoms with van der Waals surface area (Å²) in [5.41, 5.74) is 1.55. The standard InChI is InChI=1S/C15H19BrN2O2/c1-15(2,6-5-14(19)20)7-8-18-12-4-3-11(10-17)13(16)9-12/h3-4,9,18H,5-8H2,1-2H3,(H,19,20). The zero-order valence-electron chi connectivity index (χ0n) is 11.7. The van der Waals surface area contributed by atoms with E-state index in [1.165, 1.54) is 0 Å². The number of carboxylic acids is 1. The molecule has 20 heavy (non-hydrogen) atoms. The van der Waals surface area contributed by atoms with E-state index < -0.39 is 5.97 Å². The molecule has 4 nitrogen and oxygen atoms in total. The maximum Gasteiger partial charge on any atom is 0.303 e. The van der Waals surface area contributed by atoms with Crippen molar-refractivity contribution in [3.05, 3.63) is 28.2 Å². The van der Waals surface area contributed by atoms with Crippen LogP contribution >= 0.6 is 15.9 Å². The van der Waals surface area contributed by atoms with E-state index in [1.807, 2.05) is 12.1 Å². The summed E-state index contributed by atoms with van der Waals surface area (Å²) in [5, 5.41) is 20.9. The number of carbonyl (C=O) groups is 1. The molecule has 0 heterocycles. The van der Waals surface area contributed by atoms with Crippen LogP contribution in [0.2, 0.25) is 0 Å². The predicted octanol–water partition coefficient (Wildman–Crippen LogP) is 4.01. The number of aliphatic carboxylic acids is 1. The highest BCUT2D eigenvalue weighted by Gasteiger charge is 2.18. The van der Waals surface area contributed by atoms with Gasteiger partial charge in [-0.3, -0.25) is 4.79 Å². The van der Waals surface area contributed by atoms with Crippen molar-refractivity contribution >= 4 is 27.6 Å². The number of hydrogen-bond donors (Lipinski definition) is 2. The minimum atomic E-state index is -0.748. The number of rotatable bonds is 7. The molecule has 0 spiro atoms. The Labute approximate surface area is 127 Å². The lowest BCUT2D eigenvalue weighted by Crippen LogP contribution is -2.18. The molecule has 0 unspecified atom stereocenters. The van der Waals surface area contributed by atoms with Crippen LogP contribution < -0.4 is 5.32 Å². The Kier molecular flexibility index (Phi) is 6.03. The van der Waals surface area contributed by atoms with Crippen molar-refractivity contribution in [2.45, 2.75) is 33.1 Å². The monoisotopic (exact) mass is 338 g/mol. The van der Waals surface area contributed by atoms with Crippen LogP contribution in [-0.2, 0) is 4.79 Å². The second-order valence-corrected chi connectivity index (χ2v) is 6.40. The van der Waals surface area contributed by atoms with Crippen molar-refractivity contribution in [1.29, 1.82) is 5.26 Å². The summed E-state index contributed by atoms with van der Waals surface area (Å²) >= 11 is 3.35. The van der Waals surface area contributed by atoms with Crippen LogP contribution in [-0.4, -0.2) is 17.6 Å². The molecule has 0 saturated heterocycles. The highest BCUT2D eigenvalue weighted by molar-refractivity contribution is 9.10. The van der Waals surface area contributed by atoms with Crippen LogP contribution in [0.25, 0.3) is 0 Å². The fourth-order valence-electron chi connectivity index (χ4n) is 1.83. The van der Waals surface area contributed by atoms with Crippen LogP contribution in [0.3, 0.4) is 0 Å². The van der Waals surface area contributed by atoms with E-state index in [1.54, 1.807) is 6.07 Å². The molecule has 108 valence electrons. The number of nitrogens with one attached hydrogen (secondary N) is 1. The van der Waals surface area contributed by atoms with Crippen molar-refractivity contribution in [1.82, 2.24) is 0 Å². The zero-order chi connectivity index (χ0) is 15.2. The molecule has 0 bridgehead atoms. The number of anilines is 1. The van der Waals surface area contributed by atoms with Gasteiger partial charge in [-0.25, -0.2) is 0 Å². The molecule has 0 aliphatic carbocycles. The van der Waals surface area contributed by atoms with Crippen LogP contribution in [0.4, 0.5) is 5.69 Å². The number of hydrogen-bond acceptors (Lipinski definition) is 3. The third-order valence-corrected chi connectivity index (χ3v) is 3.89. The second kappa shape index (κ2) is 7.30. The Bertz CT molecular complexity index is 521. The third-order valence-electron chi connectivity index (χ3n) is 3.24. The average molecular weight is 339 g/mol. The smallest absolute Gasteiger partial charge is 0.303 e. The van der Waals surface area contributed by atoms with Gasteiger partial charge in [0.2, 0.25) is 0 Å². The molecule has 1 aromatic rings. The molecule has 0 saturated carbocycles. The summed E-state index contributed by atoms with van der Waals surface area (Å²) < 4.78 is 0.773. The van der Waals surface area contributed by atoms with Gasteiger partial charge >= 0.3 is 5.97 Å². The van der Waals surface area contributed by atoms with Gasteiger partial charge in [0.1, 0.15) is 6.07 Å². The Morgan fingerprint density at radius 2 is 2.15 bits per heavy atom. The van der Waals surface area contributed by atoms with E-state index in [-0.39, 0.29) is 11.8 Å². The lowest BCUT2D eigenvalue weighted by Gasteiger charge is -2.24. The maximum absolute atomic E-state index is 10.6. The SMILES string of the molecule is CC(C)(CCNc1ccc(C#N)c(Br)c1)CCC(=O)O. The van der Waals surface area contributed by atoms with Gasteiger partial charge in [-0.2, -0.15) is 5.26 Å². The number of nitrogens with zero attached hydrogens (tertiary/aromatic N) is 1. The minimum Gasteiger partial charge on any atom is -0.481 e. The second-order valence-electron chi connectivity index (χ2n) is 5.54. The fourth-order valence-corrected chi connectivity index (χ4v) is 2.30. The van der Waals surface area contributed by atoms with E-state index in [0.29, 0.717) is 12.0 Å². The summed E-state index contributed by atoms with van der Waals surface area (Å²) in [6.07, 6.45) is 1.76. The quantitative estimate of drug-likeness (QED) is 0.787. The van der Waals surface area contributed by atoms with Gasteiger partial charge < -0.3 is 10.4 Å². The number of carboxylic acid groups (broad SMARTS) is 1. The largest absolute Gasteiger partial charge is 0.481 e. The van der Waals surface area contributed by atoms with Crippen LogP contribution in [0.15, 0.2) is 22.7 Å². The van der Waals surface area contributed by atoms with Gasteiger partial charge in [-0.1, -0.05) is 13.8 Å². The lowest BCUT2D eigenvalue weighted by atomic mass is 9.84. The van der Waals surface area contributed by atoms with Gasteiger partial charge in [0.15, 0.2) is 0 Å². The Morgan fingerprint density at radius 3 is 2.70 bits per heavy atom. The highest BCUT2D eigenvalue weighted by atomic mass is 79.9. The number of halogens is 1. The van der Waals surface area contributed by atoms with E-state index in [0.717, 1.165) is 23.1 Å². The summed E-state index contributed by atoms with van der Waals surface area (Å²) in [4.78, 5) is 10.6. The van der Waals surface area contributed by atoms with E-state index in [2.05, 4.69) is 41.2 Å². The fraction of sp³-hybridized carbons (Fsp3) is 0.467. The average Bonchev–Trinajstić information content (AvgIpc) is 2.37. The molecule has 0 aliphatic heterocycles. The van der Waals surface area contributed by atoms with Crippen molar-refractivity contribution in [2.75, 3.05) is 11.9 Å². The zero-order valence-corrected chi connectivity index (χ0v) is 13.3. The van der Waals surface area contributed by atoms with Crippen molar-refractivity contribution < 1.29 is 9.90 Å². The predicted molar refractivity (Wildman–Crippen MR) is 82.6 cm³/mol. The van der Waals surface area contributed by atoms with E-state index in [4.69, 9.17) is 10.4 Å². The first-order valence-electron chi connectivity index (χ1n) is 6.49. The van der Waals surface area contributed by atoms with Gasteiger partial charge in [0.05, 0.1) is 5.56 Å². The maximum atomic E-state index is 10.6. The van der Waals surface area contributed by atoms with Crippen molar-refractivity contribution in [3.8, 4) is 6.07 Å². The highest BCUT2D eigenvalue weighted by Crippen LogP contribution is 2.27. The van der Waals surface area contributed by atoms with Crippen molar-refractivity contribution in [3.63, 3.8) is 0 Å². The molecule has 1 rings (SSSR count). The molecule has 1 aromatic carbocycles. The Balaban J connectivity index is 2.46. The molecule has 5 heteroatoms. The van der Waals surface area contributed by atoms with Crippen LogP contribution in [0.1, 0.15) is 38.7 Å². The molecular formula is C15H19BrN2O2. The Morgan fingerprint density at radius 1 is 1.45 bits per heavy atom. The molecule has 0 radical (unpaired) electrons. The normalized spacial score (nSPS) is 10.9. The number of nitriles is 1. The topological polar surface area (TPSA) is 73.1 Å². The van der Waals surface area contributed by atoms with Gasteiger partial charge in [-0.15, -0.1) is 0 Å². The molecule has 0 atom stereocenters. The van der Waals surface area contributed by atoms with Crippen LogP contribution in [0.5, 0.6) is 0 Å². The lowest BCUT2D eigenvalue weighted by molar-refractivity contribution is -0.137. The van der Waals surface area contributed by atoms with E-state index in [9.17, 15) is 4.79 Å². The molecule has 0 fully saturated rings. The molecule has 0 aromatic heterocycles. The molecule has 0 amide bonds. The van der Waals surface area contributed by atoms with E-state index >= 15 is 0 Å². The van der Waals surface area contributed by atoms with Gasteiger partial charge in [-0.05, 0) is 52.4 Å². The molecule has 0 aliphatic rings. The van der Waals surface area contributed by atoms with Crippen molar-refractivity contribution in [2.24, 2.45) is 5.41 Å². The van der Waals surface area contributed by atoms with Gasteiger partial charge in [0.25, 0.3) is 0 Å². The molecular weight excluding hydrogens is 320 g/mol. The van der Waals surface area contributed by atoms with Crippen LogP contribution in [0, 0.1) is 16.7 Å². The molecule has 2 N–H and O–H groups in total. The first kappa shape index (κ1) is 16.5. The third kappa shape index (κ3) is 5.62. The summed E-state index contributed by atoms with van der Waals surface area (Å²) in [5.74, 6) is -0.748. The minimum absolute atomic E-state index is 0.00475. The summed E-state index contributed by atoms with van der Waals surface area (Å²) in [7, 11) is 0. The van der Waals surface area contributed by atoms with Gasteiger partial charge in [0, 0.05) is 23.1 Å². The first-order valence-corrected chi connectivity index (χ1v) is 7.29. The summed E-state index contributed by atoms with van der Waals surface area (Å²) in [6, 6.07) is 7.61. The number of benzene rings is 1.